The molecule has 0 unspecified atom stereocenters. The van der Waals surface area contributed by atoms with E-state index in [4.69, 9.17) is 0 Å². The lowest BCUT2D eigenvalue weighted by Crippen LogP contribution is -2.45. The number of amides is 3. The molecule has 0 aliphatic carbocycles. The van der Waals surface area contributed by atoms with Crippen molar-refractivity contribution in [3.05, 3.63) is 101 Å². The Kier molecular flexibility index (Phi) is 7.79. The van der Waals surface area contributed by atoms with Crippen molar-refractivity contribution >= 4 is 23.4 Å². The van der Waals surface area contributed by atoms with Gasteiger partial charge in [0.25, 0.3) is 11.8 Å². The van der Waals surface area contributed by atoms with Crippen LogP contribution in [0.25, 0.3) is 0 Å². The third-order valence-electron chi connectivity index (χ3n) is 4.91. The Morgan fingerprint density at radius 2 is 1.35 bits per heavy atom. The van der Waals surface area contributed by atoms with Gasteiger partial charge in [-0.15, -0.1) is 0 Å². The summed E-state index contributed by atoms with van der Waals surface area (Å²) in [7, 11) is 0. The fraction of sp³-hybridized carbons (Fsp3) is 0.222. The summed E-state index contributed by atoms with van der Waals surface area (Å²) in [5, 5.41) is 8.42. The highest BCUT2D eigenvalue weighted by molar-refractivity contribution is 6.01. The normalized spacial score (nSPS) is 11.9. The quantitative estimate of drug-likeness (QED) is 0.489. The molecule has 0 radical (unpaired) electrons. The average Bonchev–Trinajstić information content (AvgIpc) is 2.79. The first-order valence-corrected chi connectivity index (χ1v) is 10.9. The van der Waals surface area contributed by atoms with E-state index in [2.05, 4.69) is 16.0 Å². The molecule has 0 saturated heterocycles. The summed E-state index contributed by atoms with van der Waals surface area (Å²) in [5.41, 5.74) is 1.72. The zero-order valence-electron chi connectivity index (χ0n) is 19.4. The number of hydrogen-bond donors (Lipinski definition) is 3. The van der Waals surface area contributed by atoms with E-state index in [-0.39, 0.29) is 23.4 Å². The average molecular weight is 462 g/mol. The van der Waals surface area contributed by atoms with Crippen molar-refractivity contribution in [2.45, 2.75) is 38.8 Å². The summed E-state index contributed by atoms with van der Waals surface area (Å²) < 4.78 is 13.2. The summed E-state index contributed by atoms with van der Waals surface area (Å²) in [5.74, 6) is -1.55. The number of benzene rings is 3. The van der Waals surface area contributed by atoms with Crippen LogP contribution in [0.2, 0.25) is 0 Å². The molecule has 0 aliphatic rings. The van der Waals surface area contributed by atoms with Gasteiger partial charge in [0.1, 0.15) is 11.9 Å². The maximum Gasteiger partial charge on any atom is 0.251 e. The van der Waals surface area contributed by atoms with Gasteiger partial charge in [-0.3, -0.25) is 14.4 Å². The number of anilines is 1. The molecule has 3 rings (SSSR count). The standard InChI is InChI=1S/C27H28FN3O3/c1-27(2,3)31-25(33)20-11-15-22(16-12-20)29-26(34)23(17-18-7-5-4-6-8-18)30-24(32)19-9-13-21(28)14-10-19/h4-16,23H,17H2,1-3H3,(H,29,34)(H,30,32)(H,31,33)/t23-/m0/s1. The largest absolute Gasteiger partial charge is 0.347 e. The topological polar surface area (TPSA) is 87.3 Å². The SMILES string of the molecule is CC(C)(C)NC(=O)c1ccc(NC(=O)[C@H](Cc2ccccc2)NC(=O)c2ccc(F)cc2)cc1. The van der Waals surface area contributed by atoms with Crippen LogP contribution >= 0.6 is 0 Å². The molecule has 0 heterocycles. The summed E-state index contributed by atoms with van der Waals surface area (Å²) >= 11 is 0. The maximum absolute atomic E-state index is 13.2. The highest BCUT2D eigenvalue weighted by Gasteiger charge is 2.22. The molecule has 3 N–H and O–H groups in total. The predicted molar refractivity (Wildman–Crippen MR) is 130 cm³/mol. The van der Waals surface area contributed by atoms with Crippen LogP contribution in [0.15, 0.2) is 78.9 Å². The van der Waals surface area contributed by atoms with Gasteiger partial charge in [-0.2, -0.15) is 0 Å². The summed E-state index contributed by atoms with van der Waals surface area (Å²) in [6.07, 6.45) is 0.270. The Balaban J connectivity index is 1.73. The minimum atomic E-state index is -0.871. The van der Waals surface area contributed by atoms with Crippen LogP contribution < -0.4 is 16.0 Å². The van der Waals surface area contributed by atoms with Gasteiger partial charge in [-0.05, 0) is 74.9 Å². The number of nitrogens with one attached hydrogen (secondary N) is 3. The minimum Gasteiger partial charge on any atom is -0.347 e. The van der Waals surface area contributed by atoms with Crippen LogP contribution in [-0.2, 0) is 11.2 Å². The van der Waals surface area contributed by atoms with Gasteiger partial charge < -0.3 is 16.0 Å². The predicted octanol–water partition coefficient (Wildman–Crippen LogP) is 4.33. The van der Waals surface area contributed by atoms with Crippen LogP contribution in [0, 0.1) is 5.82 Å². The second-order valence-electron chi connectivity index (χ2n) is 8.99. The van der Waals surface area contributed by atoms with Crippen LogP contribution in [0.1, 0.15) is 47.1 Å². The van der Waals surface area contributed by atoms with Gasteiger partial charge in [0, 0.05) is 28.8 Å². The molecule has 6 nitrogen and oxygen atoms in total. The Labute approximate surface area is 198 Å². The second kappa shape index (κ2) is 10.7. The van der Waals surface area contributed by atoms with E-state index in [1.807, 2.05) is 51.1 Å². The van der Waals surface area contributed by atoms with E-state index < -0.39 is 23.7 Å². The van der Waals surface area contributed by atoms with E-state index >= 15 is 0 Å². The first-order chi connectivity index (χ1) is 16.1. The van der Waals surface area contributed by atoms with Crippen LogP contribution in [0.5, 0.6) is 0 Å². The molecule has 3 aromatic carbocycles. The fourth-order valence-corrected chi connectivity index (χ4v) is 3.25. The molecule has 0 aromatic heterocycles. The number of hydrogen-bond acceptors (Lipinski definition) is 3. The monoisotopic (exact) mass is 461 g/mol. The molecule has 0 saturated carbocycles. The van der Waals surface area contributed by atoms with Gasteiger partial charge in [-0.1, -0.05) is 30.3 Å². The van der Waals surface area contributed by atoms with Crippen molar-refractivity contribution in [2.24, 2.45) is 0 Å². The summed E-state index contributed by atoms with van der Waals surface area (Å²) in [6.45, 7) is 5.69. The third-order valence-corrected chi connectivity index (χ3v) is 4.91. The highest BCUT2D eigenvalue weighted by Crippen LogP contribution is 2.13. The first kappa shape index (κ1) is 24.6. The number of carbonyl (C=O) groups is 3. The summed E-state index contributed by atoms with van der Waals surface area (Å²) in [6, 6.07) is 20.1. The molecule has 0 fully saturated rings. The Hall–Kier alpha value is -4.00. The number of carbonyl (C=O) groups excluding carboxylic acids is 3. The van der Waals surface area contributed by atoms with E-state index in [1.54, 1.807) is 24.3 Å². The Morgan fingerprint density at radius 1 is 0.794 bits per heavy atom. The summed E-state index contributed by atoms with van der Waals surface area (Å²) in [4.78, 5) is 38.1. The van der Waals surface area contributed by atoms with Crippen molar-refractivity contribution in [1.82, 2.24) is 10.6 Å². The van der Waals surface area contributed by atoms with Crippen molar-refractivity contribution < 1.29 is 18.8 Å². The fourth-order valence-electron chi connectivity index (χ4n) is 3.25. The molecule has 3 amide bonds. The minimum absolute atomic E-state index is 0.209. The molecule has 7 heteroatoms. The lowest BCUT2D eigenvalue weighted by Gasteiger charge is -2.21. The highest BCUT2D eigenvalue weighted by atomic mass is 19.1. The first-order valence-electron chi connectivity index (χ1n) is 10.9. The molecule has 0 spiro atoms. The molecule has 34 heavy (non-hydrogen) atoms. The van der Waals surface area contributed by atoms with Crippen LogP contribution in [0.3, 0.4) is 0 Å². The van der Waals surface area contributed by atoms with Gasteiger partial charge >= 0.3 is 0 Å². The third kappa shape index (κ3) is 7.27. The smallest absolute Gasteiger partial charge is 0.251 e. The molecule has 1 atom stereocenters. The van der Waals surface area contributed by atoms with Crippen molar-refractivity contribution in [3.63, 3.8) is 0 Å². The lowest BCUT2D eigenvalue weighted by molar-refractivity contribution is -0.118. The Bertz CT molecular complexity index is 1140. The van der Waals surface area contributed by atoms with Gasteiger partial charge in [0.2, 0.25) is 5.91 Å². The van der Waals surface area contributed by atoms with Gasteiger partial charge in [-0.25, -0.2) is 4.39 Å². The second-order valence-corrected chi connectivity index (χ2v) is 8.99. The lowest BCUT2D eigenvalue weighted by atomic mass is 10.0. The molecule has 0 bridgehead atoms. The maximum atomic E-state index is 13.2. The zero-order valence-corrected chi connectivity index (χ0v) is 19.4. The molecule has 0 aliphatic heterocycles. The number of rotatable bonds is 7. The van der Waals surface area contributed by atoms with Crippen molar-refractivity contribution in [2.75, 3.05) is 5.32 Å². The van der Waals surface area contributed by atoms with E-state index in [0.717, 1.165) is 5.56 Å². The number of halogens is 1. The van der Waals surface area contributed by atoms with E-state index in [1.165, 1.54) is 24.3 Å². The van der Waals surface area contributed by atoms with E-state index in [0.29, 0.717) is 11.3 Å². The Morgan fingerprint density at radius 3 is 1.94 bits per heavy atom. The van der Waals surface area contributed by atoms with Crippen molar-refractivity contribution in [3.8, 4) is 0 Å². The molecule has 3 aromatic rings. The molecular formula is C27H28FN3O3. The van der Waals surface area contributed by atoms with Crippen LogP contribution in [-0.4, -0.2) is 29.3 Å². The van der Waals surface area contributed by atoms with Crippen molar-refractivity contribution in [1.29, 1.82) is 0 Å². The molecule has 176 valence electrons. The van der Waals surface area contributed by atoms with Gasteiger partial charge in [0.15, 0.2) is 0 Å². The van der Waals surface area contributed by atoms with Crippen LogP contribution in [0.4, 0.5) is 10.1 Å². The molecular weight excluding hydrogens is 433 g/mol. The van der Waals surface area contributed by atoms with Gasteiger partial charge in [0.05, 0.1) is 0 Å². The zero-order chi connectivity index (χ0) is 24.7. The van der Waals surface area contributed by atoms with E-state index in [9.17, 15) is 18.8 Å².